The van der Waals surface area contributed by atoms with Gasteiger partial charge in [-0.2, -0.15) is 13.2 Å². The van der Waals surface area contributed by atoms with Crippen LogP contribution in [0, 0.1) is 17.8 Å². The van der Waals surface area contributed by atoms with Gasteiger partial charge in [-0.15, -0.1) is 0 Å². The van der Waals surface area contributed by atoms with Crippen LogP contribution in [-0.2, 0) is 0 Å². The van der Waals surface area contributed by atoms with Gasteiger partial charge in [0.2, 0.25) is 0 Å². The van der Waals surface area contributed by atoms with Crippen molar-refractivity contribution >= 4 is 0 Å². The molecule has 0 aliphatic heterocycles. The normalized spacial score (nSPS) is 48.8. The molecule has 2 bridgehead atoms. The molecule has 0 N–H and O–H groups in total. The van der Waals surface area contributed by atoms with Gasteiger partial charge in [-0.05, 0) is 19.3 Å². The fourth-order valence-corrected chi connectivity index (χ4v) is 2.60. The predicted molar refractivity (Wildman–Crippen MR) is 39.8 cm³/mol. The summed E-state index contributed by atoms with van der Waals surface area (Å²) >= 11 is 0. The first kappa shape index (κ1) is 9.03. The van der Waals surface area contributed by atoms with E-state index in [1.54, 1.807) is 6.08 Å². The molecule has 2 aliphatic rings. The van der Waals surface area contributed by atoms with Gasteiger partial charge in [-0.25, -0.2) is 4.39 Å². The molecule has 4 heteroatoms. The van der Waals surface area contributed by atoms with Crippen LogP contribution in [0.25, 0.3) is 0 Å². The van der Waals surface area contributed by atoms with E-state index >= 15 is 0 Å². The van der Waals surface area contributed by atoms with Gasteiger partial charge in [0.05, 0.1) is 5.92 Å². The Balaban J connectivity index is 2.35. The minimum absolute atomic E-state index is 0.317. The molecule has 0 nitrogen and oxygen atoms in total. The zero-order valence-corrected chi connectivity index (χ0v) is 7.11. The average Bonchev–Trinajstić information content (AvgIpc) is 2.38. The van der Waals surface area contributed by atoms with Crippen molar-refractivity contribution in [2.75, 3.05) is 0 Å². The van der Waals surface area contributed by atoms with E-state index in [1.807, 2.05) is 0 Å². The Morgan fingerprint density at radius 2 is 1.92 bits per heavy atom. The maximum atomic E-state index is 13.7. The quantitative estimate of drug-likeness (QED) is 0.410. The van der Waals surface area contributed by atoms with Crippen molar-refractivity contribution in [2.45, 2.75) is 25.2 Å². The van der Waals surface area contributed by atoms with Gasteiger partial charge in [0, 0.05) is 5.92 Å². The molecule has 13 heavy (non-hydrogen) atoms. The predicted octanol–water partition coefficient (Wildman–Crippen LogP) is 3.10. The molecule has 0 aromatic heterocycles. The number of hydrogen-bond donors (Lipinski definition) is 0. The molecule has 4 atom stereocenters. The lowest BCUT2D eigenvalue weighted by Crippen LogP contribution is -2.43. The van der Waals surface area contributed by atoms with Crippen LogP contribution in [0.3, 0.4) is 0 Å². The van der Waals surface area contributed by atoms with E-state index in [9.17, 15) is 17.6 Å². The van der Waals surface area contributed by atoms with Crippen LogP contribution in [-0.4, -0.2) is 11.8 Å². The Bertz CT molecular complexity index is 251. The lowest BCUT2D eigenvalue weighted by atomic mass is 9.81. The molecule has 0 heterocycles. The number of halogens is 4. The smallest absolute Gasteiger partial charge is 0.243 e. The zero-order valence-electron chi connectivity index (χ0n) is 7.11. The Hall–Kier alpha value is -0.540. The Morgan fingerprint density at radius 3 is 2.23 bits per heavy atom. The summed E-state index contributed by atoms with van der Waals surface area (Å²) in [4.78, 5) is 0. The molecule has 0 saturated heterocycles. The van der Waals surface area contributed by atoms with Crippen molar-refractivity contribution in [3.8, 4) is 0 Å². The summed E-state index contributed by atoms with van der Waals surface area (Å²) in [5.74, 6) is -2.97. The molecule has 1 fully saturated rings. The lowest BCUT2D eigenvalue weighted by Gasteiger charge is -2.32. The first-order valence-electron chi connectivity index (χ1n) is 4.27. The third kappa shape index (κ3) is 1.11. The van der Waals surface area contributed by atoms with Crippen LogP contribution in [0.1, 0.15) is 13.3 Å². The van der Waals surface area contributed by atoms with Crippen LogP contribution >= 0.6 is 0 Å². The number of rotatable bonds is 0. The second kappa shape index (κ2) is 2.28. The zero-order chi connectivity index (χ0) is 9.85. The molecule has 1 saturated carbocycles. The maximum absolute atomic E-state index is 13.7. The van der Waals surface area contributed by atoms with E-state index in [2.05, 4.69) is 0 Å². The van der Waals surface area contributed by atoms with E-state index in [0.29, 0.717) is 6.42 Å². The van der Waals surface area contributed by atoms with Crippen LogP contribution in [0.15, 0.2) is 12.2 Å². The second-order valence-corrected chi connectivity index (χ2v) is 4.06. The first-order chi connectivity index (χ1) is 5.83. The Labute approximate surface area is 73.6 Å². The SMILES string of the molecule is CC1(F)C2C=CC(C2)C1C(F)(F)F. The van der Waals surface area contributed by atoms with E-state index in [-0.39, 0.29) is 0 Å². The van der Waals surface area contributed by atoms with Crippen molar-refractivity contribution in [3.05, 3.63) is 12.2 Å². The minimum atomic E-state index is -4.41. The van der Waals surface area contributed by atoms with Gasteiger partial charge in [-0.3, -0.25) is 0 Å². The highest BCUT2D eigenvalue weighted by molar-refractivity contribution is 5.20. The van der Waals surface area contributed by atoms with Gasteiger partial charge in [0.1, 0.15) is 5.67 Å². The number of fused-ring (bicyclic) bond motifs is 2. The molecular weight excluding hydrogens is 184 g/mol. The van der Waals surface area contributed by atoms with Gasteiger partial charge >= 0.3 is 6.18 Å². The fraction of sp³-hybridized carbons (Fsp3) is 0.778. The molecule has 74 valence electrons. The monoisotopic (exact) mass is 194 g/mol. The Morgan fingerprint density at radius 1 is 1.31 bits per heavy atom. The highest BCUT2D eigenvalue weighted by atomic mass is 19.4. The van der Waals surface area contributed by atoms with E-state index in [1.165, 1.54) is 6.08 Å². The van der Waals surface area contributed by atoms with Crippen LogP contribution in [0.4, 0.5) is 17.6 Å². The molecule has 0 aromatic carbocycles. The van der Waals surface area contributed by atoms with E-state index in [4.69, 9.17) is 0 Å². The maximum Gasteiger partial charge on any atom is 0.395 e. The van der Waals surface area contributed by atoms with Gasteiger partial charge in [0.15, 0.2) is 0 Å². The number of hydrogen-bond acceptors (Lipinski definition) is 0. The minimum Gasteiger partial charge on any atom is -0.243 e. The molecular formula is C9H10F4. The van der Waals surface area contributed by atoms with Crippen molar-refractivity contribution in [2.24, 2.45) is 17.8 Å². The van der Waals surface area contributed by atoms with E-state index < -0.39 is 29.6 Å². The summed E-state index contributed by atoms with van der Waals surface area (Å²) in [6.07, 6.45) is -1.01. The lowest BCUT2D eigenvalue weighted by molar-refractivity contribution is -0.211. The highest BCUT2D eigenvalue weighted by Crippen LogP contribution is 2.57. The van der Waals surface area contributed by atoms with Crippen LogP contribution in [0.5, 0.6) is 0 Å². The summed E-state index contributed by atoms with van der Waals surface area (Å²) in [5, 5.41) is 0. The van der Waals surface area contributed by atoms with Crippen LogP contribution in [0.2, 0.25) is 0 Å². The first-order valence-corrected chi connectivity index (χ1v) is 4.27. The third-order valence-electron chi connectivity index (χ3n) is 3.23. The highest BCUT2D eigenvalue weighted by Gasteiger charge is 2.64. The van der Waals surface area contributed by atoms with Crippen molar-refractivity contribution in [1.82, 2.24) is 0 Å². The van der Waals surface area contributed by atoms with Crippen molar-refractivity contribution in [1.29, 1.82) is 0 Å². The van der Waals surface area contributed by atoms with Gasteiger partial charge in [-0.1, -0.05) is 12.2 Å². The molecule has 0 amide bonds. The molecule has 0 spiro atoms. The molecule has 0 radical (unpaired) electrons. The largest absolute Gasteiger partial charge is 0.395 e. The van der Waals surface area contributed by atoms with E-state index in [0.717, 1.165) is 6.92 Å². The van der Waals surface area contributed by atoms with Gasteiger partial charge < -0.3 is 0 Å². The number of allylic oxidation sites excluding steroid dienone is 2. The summed E-state index contributed by atoms with van der Waals surface area (Å²) in [6, 6.07) is 0. The van der Waals surface area contributed by atoms with Gasteiger partial charge in [0.25, 0.3) is 0 Å². The van der Waals surface area contributed by atoms with Crippen molar-refractivity contribution < 1.29 is 17.6 Å². The summed E-state index contributed by atoms with van der Waals surface area (Å²) < 4.78 is 51.0. The summed E-state index contributed by atoms with van der Waals surface area (Å²) in [5.41, 5.74) is -2.10. The average molecular weight is 194 g/mol. The van der Waals surface area contributed by atoms with Crippen molar-refractivity contribution in [3.63, 3.8) is 0 Å². The number of alkyl halides is 4. The summed E-state index contributed by atoms with van der Waals surface area (Å²) in [7, 11) is 0. The fourth-order valence-electron chi connectivity index (χ4n) is 2.60. The Kier molecular flexibility index (Phi) is 1.58. The molecule has 0 aromatic rings. The summed E-state index contributed by atoms with van der Waals surface area (Å²) in [6.45, 7) is 1.07. The second-order valence-electron chi connectivity index (χ2n) is 4.06. The third-order valence-corrected chi connectivity index (χ3v) is 3.23. The molecule has 4 unspecified atom stereocenters. The molecule has 2 aliphatic carbocycles. The topological polar surface area (TPSA) is 0 Å². The standard InChI is InChI=1S/C9H10F4/c1-8(10)6-3-2-5(4-6)7(8)9(11,12)13/h2-3,5-7H,4H2,1H3. The van der Waals surface area contributed by atoms with Crippen LogP contribution < -0.4 is 0 Å². The molecule has 2 rings (SSSR count).